The van der Waals surface area contributed by atoms with Crippen molar-refractivity contribution in [3.63, 3.8) is 0 Å². The van der Waals surface area contributed by atoms with E-state index in [-0.39, 0.29) is 11.3 Å². The summed E-state index contributed by atoms with van der Waals surface area (Å²) in [6.45, 7) is 6.77. The third kappa shape index (κ3) is 4.59. The molecule has 0 N–H and O–H groups in total. The Kier molecular flexibility index (Phi) is 4.49. The van der Waals surface area contributed by atoms with E-state index < -0.39 is 23.5 Å². The zero-order valence-electron chi connectivity index (χ0n) is 11.4. The fourth-order valence-electron chi connectivity index (χ4n) is 1.30. The van der Waals surface area contributed by atoms with Crippen LogP contribution in [0.15, 0.2) is 18.2 Å². The predicted molar refractivity (Wildman–Crippen MR) is 67.1 cm³/mol. The van der Waals surface area contributed by atoms with E-state index in [1.807, 2.05) is 0 Å². The average molecular weight is 265 g/mol. The van der Waals surface area contributed by atoms with E-state index in [9.17, 15) is 9.18 Å². The molecule has 4 nitrogen and oxygen atoms in total. The quantitative estimate of drug-likeness (QED) is 0.788. The lowest BCUT2D eigenvalue weighted by atomic mass is 10.2. The number of benzene rings is 1. The van der Waals surface area contributed by atoms with E-state index >= 15 is 0 Å². The molecule has 0 radical (unpaired) electrons. The summed E-state index contributed by atoms with van der Waals surface area (Å²) in [4.78, 5) is 11.7. The molecule has 1 atom stereocenters. The second-order valence-electron chi connectivity index (χ2n) is 5.05. The monoisotopic (exact) mass is 265 g/mol. The molecule has 0 amide bonds. The summed E-state index contributed by atoms with van der Waals surface area (Å²) in [7, 11) is 0. The topological polar surface area (TPSA) is 59.3 Å². The SMILES string of the molecule is C[C@@H](Oc1ccc(C#N)c(F)c1)C(=O)OC(C)(C)C. The lowest BCUT2D eigenvalue weighted by molar-refractivity contribution is -0.162. The maximum absolute atomic E-state index is 13.4. The van der Waals surface area contributed by atoms with E-state index in [1.165, 1.54) is 19.1 Å². The molecule has 1 aromatic rings. The highest BCUT2D eigenvalue weighted by molar-refractivity contribution is 5.75. The molecule has 0 saturated heterocycles. The van der Waals surface area contributed by atoms with Crippen LogP contribution in [0.25, 0.3) is 0 Å². The van der Waals surface area contributed by atoms with Crippen LogP contribution in [0, 0.1) is 17.1 Å². The molecule has 0 bridgehead atoms. The van der Waals surface area contributed by atoms with Gasteiger partial charge < -0.3 is 9.47 Å². The summed E-state index contributed by atoms with van der Waals surface area (Å²) < 4.78 is 23.8. The highest BCUT2D eigenvalue weighted by Crippen LogP contribution is 2.18. The molecule has 0 spiro atoms. The van der Waals surface area contributed by atoms with Gasteiger partial charge in [0, 0.05) is 6.07 Å². The van der Waals surface area contributed by atoms with Crippen molar-refractivity contribution in [1.82, 2.24) is 0 Å². The van der Waals surface area contributed by atoms with Gasteiger partial charge in [0.25, 0.3) is 0 Å². The predicted octanol–water partition coefficient (Wildman–Crippen LogP) is 2.81. The van der Waals surface area contributed by atoms with Crippen LogP contribution in [0.4, 0.5) is 4.39 Å². The summed E-state index contributed by atoms with van der Waals surface area (Å²) in [5.74, 6) is -1.04. The molecule has 1 aromatic carbocycles. The smallest absolute Gasteiger partial charge is 0.347 e. The van der Waals surface area contributed by atoms with Gasteiger partial charge in [0.05, 0.1) is 5.56 Å². The van der Waals surface area contributed by atoms with E-state index in [1.54, 1.807) is 26.8 Å². The summed E-state index contributed by atoms with van der Waals surface area (Å²) in [6.07, 6.45) is -0.855. The number of carbonyl (C=O) groups is 1. The number of hydrogen-bond donors (Lipinski definition) is 0. The fraction of sp³-hybridized carbons (Fsp3) is 0.429. The first kappa shape index (κ1) is 15.0. The Hall–Kier alpha value is -2.09. The van der Waals surface area contributed by atoms with Gasteiger partial charge in [-0.15, -0.1) is 0 Å². The van der Waals surface area contributed by atoms with Gasteiger partial charge in [-0.3, -0.25) is 0 Å². The highest BCUT2D eigenvalue weighted by atomic mass is 19.1. The lowest BCUT2D eigenvalue weighted by Gasteiger charge is -2.22. The van der Waals surface area contributed by atoms with Crippen molar-refractivity contribution in [1.29, 1.82) is 5.26 Å². The molecule has 0 heterocycles. The van der Waals surface area contributed by atoms with Crippen molar-refractivity contribution in [3.05, 3.63) is 29.6 Å². The number of carbonyl (C=O) groups excluding carboxylic acids is 1. The molecule has 0 saturated carbocycles. The van der Waals surface area contributed by atoms with Crippen molar-refractivity contribution in [2.75, 3.05) is 0 Å². The molecule has 0 aromatic heterocycles. The second kappa shape index (κ2) is 5.70. The molecule has 0 aliphatic rings. The molecular formula is C14H16FNO3. The average Bonchev–Trinajstić information content (AvgIpc) is 2.27. The minimum absolute atomic E-state index is 0.0720. The molecular weight excluding hydrogens is 249 g/mol. The lowest BCUT2D eigenvalue weighted by Crippen LogP contribution is -2.33. The Morgan fingerprint density at radius 1 is 1.42 bits per heavy atom. The standard InChI is InChI=1S/C14H16FNO3/c1-9(13(17)19-14(2,3)4)18-11-6-5-10(8-16)12(15)7-11/h5-7,9H,1-4H3/t9-/m1/s1. The Balaban J connectivity index is 2.72. The zero-order valence-corrected chi connectivity index (χ0v) is 11.4. The van der Waals surface area contributed by atoms with Crippen LogP contribution in [0.5, 0.6) is 5.75 Å². The summed E-state index contributed by atoms with van der Waals surface area (Å²) in [6, 6.07) is 5.51. The van der Waals surface area contributed by atoms with Crippen molar-refractivity contribution < 1.29 is 18.7 Å². The van der Waals surface area contributed by atoms with Crippen molar-refractivity contribution in [2.24, 2.45) is 0 Å². The van der Waals surface area contributed by atoms with Gasteiger partial charge in [-0.2, -0.15) is 5.26 Å². The molecule has 1 rings (SSSR count). The molecule has 0 aliphatic carbocycles. The Morgan fingerprint density at radius 2 is 2.05 bits per heavy atom. The fourth-order valence-corrected chi connectivity index (χ4v) is 1.30. The number of nitriles is 1. The van der Waals surface area contributed by atoms with Crippen molar-refractivity contribution in [2.45, 2.75) is 39.4 Å². The van der Waals surface area contributed by atoms with Crippen LogP contribution in [-0.2, 0) is 9.53 Å². The summed E-state index contributed by atoms with van der Waals surface area (Å²) >= 11 is 0. The first-order chi connectivity index (χ1) is 8.73. The number of rotatable bonds is 3. The molecule has 5 heteroatoms. The molecule has 0 unspecified atom stereocenters. The first-order valence-electron chi connectivity index (χ1n) is 5.82. The maximum Gasteiger partial charge on any atom is 0.347 e. The number of halogens is 1. The van der Waals surface area contributed by atoms with Gasteiger partial charge in [-0.1, -0.05) is 0 Å². The maximum atomic E-state index is 13.4. The van der Waals surface area contributed by atoms with Gasteiger partial charge in [0.15, 0.2) is 6.10 Å². The van der Waals surface area contributed by atoms with Crippen LogP contribution in [0.3, 0.4) is 0 Å². The number of esters is 1. The van der Waals surface area contributed by atoms with Crippen molar-refractivity contribution in [3.8, 4) is 11.8 Å². The van der Waals surface area contributed by atoms with Gasteiger partial charge in [0.1, 0.15) is 23.2 Å². The van der Waals surface area contributed by atoms with E-state index in [0.29, 0.717) is 0 Å². The highest BCUT2D eigenvalue weighted by Gasteiger charge is 2.23. The summed E-state index contributed by atoms with van der Waals surface area (Å²) in [5.41, 5.74) is -0.678. The van der Waals surface area contributed by atoms with Gasteiger partial charge >= 0.3 is 5.97 Å². The molecule has 0 aliphatic heterocycles. The van der Waals surface area contributed by atoms with Crippen LogP contribution < -0.4 is 4.74 Å². The number of hydrogen-bond acceptors (Lipinski definition) is 4. The van der Waals surface area contributed by atoms with Gasteiger partial charge in [-0.25, -0.2) is 9.18 Å². The number of ether oxygens (including phenoxy) is 2. The van der Waals surface area contributed by atoms with Crippen LogP contribution in [0.2, 0.25) is 0 Å². The largest absolute Gasteiger partial charge is 0.479 e. The Bertz CT molecular complexity index is 514. The minimum Gasteiger partial charge on any atom is -0.479 e. The Morgan fingerprint density at radius 3 is 2.53 bits per heavy atom. The van der Waals surface area contributed by atoms with Crippen LogP contribution in [-0.4, -0.2) is 17.7 Å². The van der Waals surface area contributed by atoms with Gasteiger partial charge in [0.2, 0.25) is 0 Å². The van der Waals surface area contributed by atoms with Gasteiger partial charge in [-0.05, 0) is 39.8 Å². The first-order valence-corrected chi connectivity index (χ1v) is 5.82. The summed E-state index contributed by atoms with van der Waals surface area (Å²) in [5, 5.41) is 8.60. The van der Waals surface area contributed by atoms with Crippen LogP contribution in [0.1, 0.15) is 33.3 Å². The minimum atomic E-state index is -0.855. The molecule has 102 valence electrons. The van der Waals surface area contributed by atoms with Crippen molar-refractivity contribution >= 4 is 5.97 Å². The molecule has 0 fully saturated rings. The third-order valence-electron chi connectivity index (χ3n) is 2.11. The second-order valence-corrected chi connectivity index (χ2v) is 5.05. The van der Waals surface area contributed by atoms with E-state index in [4.69, 9.17) is 14.7 Å². The molecule has 19 heavy (non-hydrogen) atoms. The van der Waals surface area contributed by atoms with E-state index in [2.05, 4.69) is 0 Å². The zero-order chi connectivity index (χ0) is 14.6. The third-order valence-corrected chi connectivity index (χ3v) is 2.11. The van der Waals surface area contributed by atoms with E-state index in [0.717, 1.165) is 6.07 Å². The normalized spacial score (nSPS) is 12.4. The van der Waals surface area contributed by atoms with Crippen LogP contribution >= 0.6 is 0 Å². The number of nitrogens with zero attached hydrogens (tertiary/aromatic N) is 1. The Labute approximate surface area is 111 Å².